The number of hydrogen-bond acceptors (Lipinski definition) is 5. The highest BCUT2D eigenvalue weighted by Gasteiger charge is 2.13. The largest absolute Gasteiger partial charge is 0.489 e. The summed E-state index contributed by atoms with van der Waals surface area (Å²) in [5.74, 6) is -0.960. The maximum Gasteiger partial charge on any atom is 0.356 e. The maximum atomic E-state index is 12.3. The Labute approximate surface area is 149 Å². The highest BCUT2D eigenvalue weighted by atomic mass is 16.5. The first-order valence-electron chi connectivity index (χ1n) is 7.76. The molecule has 0 aliphatic rings. The minimum Gasteiger partial charge on any atom is -0.489 e. The van der Waals surface area contributed by atoms with Crippen LogP contribution < -0.4 is 10.1 Å². The fourth-order valence-corrected chi connectivity index (χ4v) is 2.19. The van der Waals surface area contributed by atoms with Crippen LogP contribution in [0.25, 0.3) is 0 Å². The van der Waals surface area contributed by atoms with E-state index in [4.69, 9.17) is 9.84 Å². The van der Waals surface area contributed by atoms with Gasteiger partial charge in [0.2, 0.25) is 0 Å². The first kappa shape index (κ1) is 17.1. The van der Waals surface area contributed by atoms with Gasteiger partial charge >= 0.3 is 5.97 Å². The number of carboxylic acid groups (broad SMARTS) is 1. The van der Waals surface area contributed by atoms with Crippen LogP contribution in [-0.4, -0.2) is 27.0 Å². The molecule has 7 heteroatoms. The number of carboxylic acids is 1. The molecule has 1 aromatic heterocycles. The van der Waals surface area contributed by atoms with Crippen molar-refractivity contribution >= 4 is 17.6 Å². The number of ether oxygens (including phenoxy) is 1. The topological polar surface area (TPSA) is 101 Å². The number of carbonyl (C=O) groups is 2. The summed E-state index contributed by atoms with van der Waals surface area (Å²) in [4.78, 5) is 30.6. The molecule has 0 bridgehead atoms. The number of aromatic carboxylic acids is 1. The monoisotopic (exact) mass is 349 g/mol. The van der Waals surface area contributed by atoms with Crippen LogP contribution in [-0.2, 0) is 6.61 Å². The van der Waals surface area contributed by atoms with E-state index in [-0.39, 0.29) is 18.0 Å². The smallest absolute Gasteiger partial charge is 0.356 e. The van der Waals surface area contributed by atoms with Crippen LogP contribution in [0.4, 0.5) is 5.69 Å². The van der Waals surface area contributed by atoms with E-state index in [2.05, 4.69) is 15.3 Å². The molecule has 1 amide bonds. The minimum atomic E-state index is -1.20. The third kappa shape index (κ3) is 4.21. The van der Waals surface area contributed by atoms with Crippen LogP contribution in [0.15, 0.2) is 67.0 Å². The van der Waals surface area contributed by atoms with E-state index in [9.17, 15) is 9.59 Å². The third-order valence-corrected chi connectivity index (χ3v) is 3.51. The molecule has 0 saturated heterocycles. The van der Waals surface area contributed by atoms with Gasteiger partial charge in [-0.15, -0.1) is 0 Å². The second kappa shape index (κ2) is 7.89. The van der Waals surface area contributed by atoms with Gasteiger partial charge in [-0.05, 0) is 18.2 Å². The first-order valence-corrected chi connectivity index (χ1v) is 7.76. The van der Waals surface area contributed by atoms with E-state index in [0.29, 0.717) is 5.69 Å². The summed E-state index contributed by atoms with van der Waals surface area (Å²) < 4.78 is 5.72. The van der Waals surface area contributed by atoms with E-state index < -0.39 is 11.9 Å². The van der Waals surface area contributed by atoms with Gasteiger partial charge in [0.1, 0.15) is 18.1 Å². The van der Waals surface area contributed by atoms with Gasteiger partial charge in [0.25, 0.3) is 5.91 Å². The van der Waals surface area contributed by atoms with Crippen LogP contribution in [0.3, 0.4) is 0 Å². The van der Waals surface area contributed by atoms with Crippen molar-refractivity contribution in [3.63, 3.8) is 0 Å². The molecule has 26 heavy (non-hydrogen) atoms. The number of rotatable bonds is 6. The molecule has 130 valence electrons. The van der Waals surface area contributed by atoms with E-state index in [1.165, 1.54) is 0 Å². The average Bonchev–Trinajstić information content (AvgIpc) is 2.68. The quantitative estimate of drug-likeness (QED) is 0.709. The predicted molar refractivity (Wildman–Crippen MR) is 94.2 cm³/mol. The number of anilines is 1. The summed E-state index contributed by atoms with van der Waals surface area (Å²) in [5, 5.41) is 11.6. The van der Waals surface area contributed by atoms with Gasteiger partial charge < -0.3 is 15.2 Å². The Bertz CT molecular complexity index is 912. The number of nitrogens with zero attached hydrogens (tertiary/aromatic N) is 2. The fraction of sp³-hybridized carbons (Fsp3) is 0.0526. The predicted octanol–water partition coefficient (Wildman–Crippen LogP) is 3.01. The van der Waals surface area contributed by atoms with Crippen molar-refractivity contribution in [3.05, 3.63) is 83.9 Å². The molecular formula is C19H15N3O4. The zero-order valence-corrected chi connectivity index (χ0v) is 13.6. The summed E-state index contributed by atoms with van der Waals surface area (Å²) in [6, 6.07) is 16.6. The SMILES string of the molecule is O=C(O)c1cnc(C(=O)Nc2ccccc2COc2ccccc2)cn1. The van der Waals surface area contributed by atoms with Crippen molar-refractivity contribution < 1.29 is 19.4 Å². The van der Waals surface area contributed by atoms with Gasteiger partial charge in [0.05, 0.1) is 12.4 Å². The Morgan fingerprint density at radius 3 is 2.27 bits per heavy atom. The molecule has 0 radical (unpaired) electrons. The molecule has 0 aliphatic carbocycles. The van der Waals surface area contributed by atoms with E-state index in [1.807, 2.05) is 42.5 Å². The number of nitrogens with one attached hydrogen (secondary N) is 1. The van der Waals surface area contributed by atoms with E-state index >= 15 is 0 Å². The molecule has 0 aliphatic heterocycles. The van der Waals surface area contributed by atoms with E-state index in [1.54, 1.807) is 12.1 Å². The minimum absolute atomic E-state index is 0.0220. The standard InChI is InChI=1S/C19H15N3O4/c23-18(16-10-21-17(11-20-16)19(24)25)22-15-9-5-4-6-13(15)12-26-14-7-2-1-3-8-14/h1-11H,12H2,(H,22,23)(H,24,25). The molecule has 0 saturated carbocycles. The molecule has 3 aromatic rings. The van der Waals surface area contributed by atoms with Crippen LogP contribution in [0.1, 0.15) is 26.5 Å². The maximum absolute atomic E-state index is 12.3. The molecule has 3 rings (SSSR count). The lowest BCUT2D eigenvalue weighted by atomic mass is 10.2. The molecule has 0 fully saturated rings. The second-order valence-corrected chi connectivity index (χ2v) is 5.31. The number of aromatic nitrogens is 2. The highest BCUT2D eigenvalue weighted by Crippen LogP contribution is 2.19. The summed E-state index contributed by atoms with van der Waals surface area (Å²) in [7, 11) is 0. The number of benzene rings is 2. The van der Waals surface area contributed by atoms with Crippen molar-refractivity contribution in [2.75, 3.05) is 5.32 Å². The Morgan fingerprint density at radius 2 is 1.58 bits per heavy atom. The van der Waals surface area contributed by atoms with Crippen molar-refractivity contribution in [1.82, 2.24) is 9.97 Å². The second-order valence-electron chi connectivity index (χ2n) is 5.31. The number of hydrogen-bond donors (Lipinski definition) is 2. The molecule has 0 spiro atoms. The van der Waals surface area contributed by atoms with Crippen LogP contribution in [0.2, 0.25) is 0 Å². The zero-order valence-electron chi connectivity index (χ0n) is 13.6. The van der Waals surface area contributed by atoms with Crippen molar-refractivity contribution in [2.45, 2.75) is 6.61 Å². The highest BCUT2D eigenvalue weighted by molar-refractivity contribution is 6.03. The van der Waals surface area contributed by atoms with Crippen molar-refractivity contribution in [3.8, 4) is 5.75 Å². The van der Waals surface area contributed by atoms with Crippen LogP contribution in [0, 0.1) is 0 Å². The lowest BCUT2D eigenvalue weighted by Gasteiger charge is -2.12. The normalized spacial score (nSPS) is 10.2. The lowest BCUT2D eigenvalue weighted by molar-refractivity contribution is 0.0689. The molecule has 2 aromatic carbocycles. The van der Waals surface area contributed by atoms with Gasteiger partial charge in [0.15, 0.2) is 5.69 Å². The van der Waals surface area contributed by atoms with Crippen LogP contribution in [0.5, 0.6) is 5.75 Å². The Morgan fingerprint density at radius 1 is 0.923 bits per heavy atom. The molecule has 1 heterocycles. The van der Waals surface area contributed by atoms with Gasteiger partial charge in [-0.2, -0.15) is 0 Å². The molecule has 7 nitrogen and oxygen atoms in total. The summed E-state index contributed by atoms with van der Waals surface area (Å²) in [6.45, 7) is 0.282. The van der Waals surface area contributed by atoms with Gasteiger partial charge in [-0.3, -0.25) is 4.79 Å². The number of amides is 1. The Hall–Kier alpha value is -3.74. The van der Waals surface area contributed by atoms with Crippen molar-refractivity contribution in [1.29, 1.82) is 0 Å². The molecule has 2 N–H and O–H groups in total. The van der Waals surface area contributed by atoms with Gasteiger partial charge in [-0.25, -0.2) is 14.8 Å². The zero-order chi connectivity index (χ0) is 18.4. The molecular weight excluding hydrogens is 334 g/mol. The summed E-state index contributed by atoms with van der Waals surface area (Å²) in [6.07, 6.45) is 2.17. The number of carbonyl (C=O) groups excluding carboxylic acids is 1. The average molecular weight is 349 g/mol. The summed E-state index contributed by atoms with van der Waals surface area (Å²) >= 11 is 0. The first-order chi connectivity index (χ1) is 12.6. The third-order valence-electron chi connectivity index (χ3n) is 3.51. The summed E-state index contributed by atoms with van der Waals surface area (Å²) in [5.41, 5.74) is 1.17. The van der Waals surface area contributed by atoms with Gasteiger partial charge in [0, 0.05) is 11.3 Å². The van der Waals surface area contributed by atoms with Gasteiger partial charge in [-0.1, -0.05) is 36.4 Å². The van der Waals surface area contributed by atoms with Crippen molar-refractivity contribution in [2.24, 2.45) is 0 Å². The Kier molecular flexibility index (Phi) is 5.19. The Balaban J connectivity index is 1.71. The van der Waals surface area contributed by atoms with E-state index in [0.717, 1.165) is 23.7 Å². The lowest BCUT2D eigenvalue weighted by Crippen LogP contribution is -2.16. The molecule has 0 unspecified atom stereocenters. The molecule has 0 atom stereocenters. The fourth-order valence-electron chi connectivity index (χ4n) is 2.19. The van der Waals surface area contributed by atoms with Crippen LogP contribution >= 0.6 is 0 Å². The number of para-hydroxylation sites is 2.